The van der Waals surface area contributed by atoms with Gasteiger partial charge in [-0.2, -0.15) is 0 Å². The SMILES string of the molecule is COc1c(Cl)cc(C2(N)CCCC2)c(OC)c1C. The molecule has 1 aliphatic carbocycles. The van der Waals surface area contributed by atoms with Gasteiger partial charge in [0.1, 0.15) is 11.5 Å². The lowest BCUT2D eigenvalue weighted by atomic mass is 9.87. The molecule has 0 bridgehead atoms. The summed E-state index contributed by atoms with van der Waals surface area (Å²) in [6.07, 6.45) is 4.27. The highest BCUT2D eigenvalue weighted by Gasteiger charge is 2.35. The molecule has 3 nitrogen and oxygen atoms in total. The Morgan fingerprint density at radius 2 is 1.72 bits per heavy atom. The van der Waals surface area contributed by atoms with E-state index in [4.69, 9.17) is 26.8 Å². The van der Waals surface area contributed by atoms with E-state index in [0.29, 0.717) is 10.8 Å². The molecule has 0 amide bonds. The standard InChI is InChI=1S/C14H20ClNO2/c1-9-12(17-2)10(8-11(15)13(9)18-3)14(16)6-4-5-7-14/h8H,4-7,16H2,1-3H3. The Morgan fingerprint density at radius 3 is 2.22 bits per heavy atom. The van der Waals surface area contributed by atoms with Gasteiger partial charge in [0.15, 0.2) is 0 Å². The summed E-state index contributed by atoms with van der Waals surface area (Å²) >= 11 is 6.27. The monoisotopic (exact) mass is 269 g/mol. The molecule has 0 saturated heterocycles. The molecule has 0 spiro atoms. The van der Waals surface area contributed by atoms with Crippen LogP contribution in [0.25, 0.3) is 0 Å². The van der Waals surface area contributed by atoms with Crippen LogP contribution < -0.4 is 15.2 Å². The Morgan fingerprint density at radius 1 is 1.17 bits per heavy atom. The average molecular weight is 270 g/mol. The molecule has 100 valence electrons. The second kappa shape index (κ2) is 4.98. The largest absolute Gasteiger partial charge is 0.496 e. The van der Waals surface area contributed by atoms with E-state index in [9.17, 15) is 0 Å². The van der Waals surface area contributed by atoms with Crippen LogP contribution in [0.2, 0.25) is 5.02 Å². The number of nitrogens with two attached hydrogens (primary N) is 1. The quantitative estimate of drug-likeness (QED) is 0.915. The third kappa shape index (κ3) is 2.06. The molecule has 1 saturated carbocycles. The van der Waals surface area contributed by atoms with Gasteiger partial charge in [-0.3, -0.25) is 0 Å². The number of rotatable bonds is 3. The zero-order chi connectivity index (χ0) is 13.3. The number of ether oxygens (including phenoxy) is 2. The number of halogens is 1. The highest BCUT2D eigenvalue weighted by molar-refractivity contribution is 6.32. The fourth-order valence-corrected chi connectivity index (χ4v) is 3.23. The van der Waals surface area contributed by atoms with E-state index in [1.54, 1.807) is 14.2 Å². The Kier molecular flexibility index (Phi) is 3.74. The van der Waals surface area contributed by atoms with Crippen molar-refractivity contribution in [1.82, 2.24) is 0 Å². The predicted molar refractivity (Wildman–Crippen MR) is 73.6 cm³/mol. The summed E-state index contributed by atoms with van der Waals surface area (Å²) in [4.78, 5) is 0. The number of methoxy groups -OCH3 is 2. The van der Waals surface area contributed by atoms with Gasteiger partial charge in [-0.05, 0) is 25.8 Å². The molecule has 0 unspecified atom stereocenters. The minimum Gasteiger partial charge on any atom is -0.496 e. The van der Waals surface area contributed by atoms with Crippen molar-refractivity contribution in [1.29, 1.82) is 0 Å². The van der Waals surface area contributed by atoms with Crippen LogP contribution in [0.1, 0.15) is 36.8 Å². The van der Waals surface area contributed by atoms with Crippen molar-refractivity contribution in [2.24, 2.45) is 5.73 Å². The van der Waals surface area contributed by atoms with E-state index in [2.05, 4.69) is 0 Å². The Bertz CT molecular complexity index is 454. The fourth-order valence-electron chi connectivity index (χ4n) is 2.90. The maximum Gasteiger partial charge on any atom is 0.144 e. The molecule has 0 aromatic heterocycles. The van der Waals surface area contributed by atoms with Gasteiger partial charge in [0.25, 0.3) is 0 Å². The summed E-state index contributed by atoms with van der Waals surface area (Å²) in [5.74, 6) is 1.47. The van der Waals surface area contributed by atoms with Gasteiger partial charge in [-0.25, -0.2) is 0 Å². The Labute approximate surface area is 113 Å². The molecule has 0 atom stereocenters. The normalized spacial score (nSPS) is 17.8. The van der Waals surface area contributed by atoms with Crippen LogP contribution >= 0.6 is 11.6 Å². The fraction of sp³-hybridized carbons (Fsp3) is 0.571. The zero-order valence-corrected chi connectivity index (χ0v) is 11.9. The van der Waals surface area contributed by atoms with E-state index in [-0.39, 0.29) is 5.54 Å². The lowest BCUT2D eigenvalue weighted by Crippen LogP contribution is -2.33. The lowest BCUT2D eigenvalue weighted by Gasteiger charge is -2.28. The number of hydrogen-bond acceptors (Lipinski definition) is 3. The Balaban J connectivity index is 2.60. The van der Waals surface area contributed by atoms with E-state index in [0.717, 1.165) is 42.6 Å². The first kappa shape index (κ1) is 13.5. The maximum absolute atomic E-state index is 6.51. The van der Waals surface area contributed by atoms with Gasteiger partial charge in [0.05, 0.1) is 19.2 Å². The molecule has 18 heavy (non-hydrogen) atoms. The molecular weight excluding hydrogens is 250 g/mol. The van der Waals surface area contributed by atoms with Crippen molar-refractivity contribution in [3.63, 3.8) is 0 Å². The van der Waals surface area contributed by atoms with Gasteiger partial charge in [0, 0.05) is 16.7 Å². The second-order valence-electron chi connectivity index (χ2n) is 4.96. The van der Waals surface area contributed by atoms with Crippen molar-refractivity contribution in [3.8, 4) is 11.5 Å². The van der Waals surface area contributed by atoms with Crippen molar-refractivity contribution in [3.05, 3.63) is 22.2 Å². The van der Waals surface area contributed by atoms with Crippen molar-refractivity contribution < 1.29 is 9.47 Å². The first-order valence-electron chi connectivity index (χ1n) is 6.24. The molecule has 2 rings (SSSR count). The van der Waals surface area contributed by atoms with E-state index in [1.807, 2.05) is 13.0 Å². The minimum atomic E-state index is -0.313. The second-order valence-corrected chi connectivity index (χ2v) is 5.37. The summed E-state index contributed by atoms with van der Waals surface area (Å²) in [6.45, 7) is 1.95. The van der Waals surface area contributed by atoms with Gasteiger partial charge in [0.2, 0.25) is 0 Å². The Hall–Kier alpha value is -0.930. The summed E-state index contributed by atoms with van der Waals surface area (Å²) in [6, 6.07) is 1.90. The minimum absolute atomic E-state index is 0.313. The van der Waals surface area contributed by atoms with Gasteiger partial charge < -0.3 is 15.2 Å². The number of hydrogen-bond donors (Lipinski definition) is 1. The molecule has 0 heterocycles. The van der Waals surface area contributed by atoms with Crippen molar-refractivity contribution >= 4 is 11.6 Å². The van der Waals surface area contributed by atoms with Gasteiger partial charge in [-0.15, -0.1) is 0 Å². The first-order valence-corrected chi connectivity index (χ1v) is 6.61. The van der Waals surface area contributed by atoms with Crippen molar-refractivity contribution in [2.45, 2.75) is 38.1 Å². The van der Waals surface area contributed by atoms with Crippen LogP contribution in [0.5, 0.6) is 11.5 Å². The molecule has 1 aliphatic rings. The van der Waals surface area contributed by atoms with Crippen molar-refractivity contribution in [2.75, 3.05) is 14.2 Å². The highest BCUT2D eigenvalue weighted by Crippen LogP contribution is 2.46. The molecule has 0 radical (unpaired) electrons. The van der Waals surface area contributed by atoms with Crippen LogP contribution in [0, 0.1) is 6.92 Å². The lowest BCUT2D eigenvalue weighted by molar-refractivity contribution is 0.365. The molecular formula is C14H20ClNO2. The van der Waals surface area contributed by atoms with Crippen LogP contribution in [0.15, 0.2) is 6.07 Å². The maximum atomic E-state index is 6.51. The number of benzene rings is 1. The first-order chi connectivity index (χ1) is 8.53. The van der Waals surface area contributed by atoms with Crippen LogP contribution in [0.4, 0.5) is 0 Å². The van der Waals surface area contributed by atoms with E-state index < -0.39 is 0 Å². The van der Waals surface area contributed by atoms with Crippen LogP contribution in [0.3, 0.4) is 0 Å². The van der Waals surface area contributed by atoms with Crippen LogP contribution in [-0.4, -0.2) is 14.2 Å². The third-order valence-corrected chi connectivity index (χ3v) is 4.13. The zero-order valence-electron chi connectivity index (χ0n) is 11.2. The molecule has 1 fully saturated rings. The summed E-state index contributed by atoms with van der Waals surface area (Å²) in [5, 5.41) is 0.600. The highest BCUT2D eigenvalue weighted by atomic mass is 35.5. The van der Waals surface area contributed by atoms with Gasteiger partial charge in [-0.1, -0.05) is 24.4 Å². The topological polar surface area (TPSA) is 44.5 Å². The smallest absolute Gasteiger partial charge is 0.144 e. The molecule has 4 heteroatoms. The third-order valence-electron chi connectivity index (χ3n) is 3.85. The van der Waals surface area contributed by atoms with E-state index in [1.165, 1.54) is 0 Å². The summed E-state index contributed by atoms with van der Waals surface area (Å²) in [5.41, 5.74) is 8.11. The molecule has 1 aromatic rings. The predicted octanol–water partition coefficient (Wildman–Crippen LogP) is 3.39. The average Bonchev–Trinajstić information content (AvgIpc) is 2.77. The molecule has 0 aliphatic heterocycles. The van der Waals surface area contributed by atoms with E-state index >= 15 is 0 Å². The molecule has 1 aromatic carbocycles. The summed E-state index contributed by atoms with van der Waals surface area (Å²) < 4.78 is 10.8. The molecule has 2 N–H and O–H groups in total. The van der Waals surface area contributed by atoms with Crippen LogP contribution in [-0.2, 0) is 5.54 Å². The summed E-state index contributed by atoms with van der Waals surface area (Å²) in [7, 11) is 3.28. The van der Waals surface area contributed by atoms with Gasteiger partial charge >= 0.3 is 0 Å².